The second kappa shape index (κ2) is 13.9. The molecule has 0 saturated heterocycles. The van der Waals surface area contributed by atoms with Crippen molar-refractivity contribution in [1.29, 1.82) is 0 Å². The van der Waals surface area contributed by atoms with Gasteiger partial charge in [-0.2, -0.15) is 0 Å². The highest BCUT2D eigenvalue weighted by Gasteiger charge is 2.05. The first-order chi connectivity index (χ1) is 11.6. The molecule has 1 aromatic rings. The minimum Gasteiger partial charge on any atom is -0.300 e. The molecule has 0 radical (unpaired) electrons. The number of rotatable bonds is 14. The van der Waals surface area contributed by atoms with Gasteiger partial charge in [-0.3, -0.25) is 4.79 Å². The van der Waals surface area contributed by atoms with Crippen molar-refractivity contribution < 1.29 is 0 Å². The van der Waals surface area contributed by atoms with Crippen LogP contribution in [0.3, 0.4) is 0 Å². The van der Waals surface area contributed by atoms with E-state index in [0.29, 0.717) is 4.47 Å². The maximum atomic E-state index is 11.6. The van der Waals surface area contributed by atoms with Crippen LogP contribution in [0.4, 0.5) is 0 Å². The van der Waals surface area contributed by atoms with Gasteiger partial charge in [0.15, 0.2) is 5.16 Å². The molecule has 1 rings (SSSR count). The molecule has 0 fully saturated rings. The van der Waals surface area contributed by atoms with Crippen LogP contribution < -0.4 is 5.56 Å². The molecule has 0 spiro atoms. The van der Waals surface area contributed by atoms with Crippen molar-refractivity contribution in [3.05, 3.63) is 20.5 Å². The summed E-state index contributed by atoms with van der Waals surface area (Å²) in [6.07, 6.45) is 16.4. The Hall–Kier alpha value is -0.290. The highest BCUT2D eigenvalue weighted by Crippen LogP contribution is 2.18. The molecule has 0 saturated carbocycles. The second-order valence-electron chi connectivity index (χ2n) is 6.51. The van der Waals surface area contributed by atoms with Crippen molar-refractivity contribution in [3.63, 3.8) is 0 Å². The van der Waals surface area contributed by atoms with E-state index in [1.54, 1.807) is 11.8 Å². The molecule has 5 heteroatoms. The van der Waals surface area contributed by atoms with Crippen LogP contribution in [0.15, 0.2) is 14.4 Å². The molecule has 0 aliphatic carbocycles. The van der Waals surface area contributed by atoms with Crippen LogP contribution in [0, 0.1) is 6.92 Å². The first-order valence-corrected chi connectivity index (χ1v) is 11.3. The molecule has 24 heavy (non-hydrogen) atoms. The Morgan fingerprint density at radius 2 is 1.42 bits per heavy atom. The predicted molar refractivity (Wildman–Crippen MR) is 109 cm³/mol. The molecule has 0 bridgehead atoms. The molecular formula is C19H33BrN2OS. The SMILES string of the molecule is CCCCCCCCCCCCCCSc1nc(C)c(Br)c(=O)[nH]1. The van der Waals surface area contributed by atoms with Crippen LogP contribution in [0.25, 0.3) is 0 Å². The molecule has 0 aromatic carbocycles. The first-order valence-electron chi connectivity index (χ1n) is 9.54. The molecular weight excluding hydrogens is 384 g/mol. The number of nitrogens with one attached hydrogen (secondary N) is 1. The third kappa shape index (κ3) is 9.87. The molecule has 1 aromatic heterocycles. The van der Waals surface area contributed by atoms with Crippen LogP contribution in [0.1, 0.15) is 89.7 Å². The summed E-state index contributed by atoms with van der Waals surface area (Å²) in [5, 5.41) is 0.740. The minimum absolute atomic E-state index is 0.0836. The fraction of sp³-hybridized carbons (Fsp3) is 0.789. The highest BCUT2D eigenvalue weighted by molar-refractivity contribution is 9.10. The van der Waals surface area contributed by atoms with Crippen LogP contribution in [0.5, 0.6) is 0 Å². The number of thioether (sulfide) groups is 1. The summed E-state index contributed by atoms with van der Waals surface area (Å²) >= 11 is 4.89. The van der Waals surface area contributed by atoms with E-state index in [-0.39, 0.29) is 5.56 Å². The number of aryl methyl sites for hydroxylation is 1. The lowest BCUT2D eigenvalue weighted by molar-refractivity contribution is 0.548. The van der Waals surface area contributed by atoms with Gasteiger partial charge in [0, 0.05) is 5.75 Å². The second-order valence-corrected chi connectivity index (χ2v) is 8.38. The Morgan fingerprint density at radius 3 is 1.92 bits per heavy atom. The lowest BCUT2D eigenvalue weighted by atomic mass is 10.1. The summed E-state index contributed by atoms with van der Waals surface area (Å²) in [6.45, 7) is 4.13. The van der Waals surface area contributed by atoms with Gasteiger partial charge in [0.1, 0.15) is 4.47 Å². The Balaban J connectivity index is 1.93. The lowest BCUT2D eigenvalue weighted by Gasteiger charge is -2.04. The highest BCUT2D eigenvalue weighted by atomic mass is 79.9. The van der Waals surface area contributed by atoms with E-state index in [1.165, 1.54) is 77.0 Å². The Kier molecular flexibility index (Phi) is 12.6. The maximum Gasteiger partial charge on any atom is 0.266 e. The van der Waals surface area contributed by atoms with Gasteiger partial charge in [-0.25, -0.2) is 4.98 Å². The summed E-state index contributed by atoms with van der Waals surface area (Å²) < 4.78 is 0.539. The van der Waals surface area contributed by atoms with E-state index in [9.17, 15) is 4.79 Å². The third-order valence-corrected chi connectivity index (χ3v) is 6.14. The zero-order valence-corrected chi connectivity index (χ0v) is 17.7. The molecule has 3 nitrogen and oxygen atoms in total. The van der Waals surface area contributed by atoms with Crippen molar-refractivity contribution >= 4 is 27.7 Å². The molecule has 0 aliphatic heterocycles. The molecule has 0 unspecified atom stereocenters. The maximum absolute atomic E-state index is 11.6. The van der Waals surface area contributed by atoms with Crippen LogP contribution >= 0.6 is 27.7 Å². The van der Waals surface area contributed by atoms with Crippen LogP contribution in [-0.2, 0) is 0 Å². The number of H-pyrrole nitrogens is 1. The smallest absolute Gasteiger partial charge is 0.266 e. The van der Waals surface area contributed by atoms with Gasteiger partial charge in [-0.05, 0) is 29.3 Å². The lowest BCUT2D eigenvalue weighted by Crippen LogP contribution is -2.11. The van der Waals surface area contributed by atoms with E-state index < -0.39 is 0 Å². The Bertz CT molecular complexity index is 505. The van der Waals surface area contributed by atoms with Crippen LogP contribution in [-0.4, -0.2) is 15.7 Å². The quantitative estimate of drug-likeness (QED) is 0.210. The normalized spacial score (nSPS) is 11.1. The predicted octanol–water partition coefficient (Wildman–Crippen LogP) is 6.63. The van der Waals surface area contributed by atoms with Gasteiger partial charge in [0.2, 0.25) is 0 Å². The first kappa shape index (κ1) is 21.8. The van der Waals surface area contributed by atoms with E-state index >= 15 is 0 Å². The zero-order valence-electron chi connectivity index (χ0n) is 15.3. The van der Waals surface area contributed by atoms with E-state index in [2.05, 4.69) is 32.8 Å². The number of hydrogen-bond donors (Lipinski definition) is 1. The average molecular weight is 417 g/mol. The Labute approximate surface area is 159 Å². The van der Waals surface area contributed by atoms with E-state index in [0.717, 1.165) is 16.6 Å². The van der Waals surface area contributed by atoms with Gasteiger partial charge < -0.3 is 4.98 Å². The fourth-order valence-corrected chi connectivity index (χ4v) is 3.82. The van der Waals surface area contributed by atoms with E-state index in [1.807, 2.05) is 6.92 Å². The molecule has 0 amide bonds. The largest absolute Gasteiger partial charge is 0.300 e. The molecule has 138 valence electrons. The number of hydrogen-bond acceptors (Lipinski definition) is 3. The van der Waals surface area contributed by atoms with Crippen molar-refractivity contribution in [1.82, 2.24) is 9.97 Å². The summed E-state index contributed by atoms with van der Waals surface area (Å²) in [4.78, 5) is 18.8. The summed E-state index contributed by atoms with van der Waals surface area (Å²) in [6, 6.07) is 0. The number of aromatic amines is 1. The molecule has 0 aliphatic rings. The third-order valence-electron chi connectivity index (χ3n) is 4.24. The zero-order chi connectivity index (χ0) is 17.6. The molecule has 0 atom stereocenters. The van der Waals surface area contributed by atoms with Gasteiger partial charge in [0.25, 0.3) is 5.56 Å². The van der Waals surface area contributed by atoms with Crippen molar-refractivity contribution in [2.75, 3.05) is 5.75 Å². The summed E-state index contributed by atoms with van der Waals surface area (Å²) in [7, 11) is 0. The van der Waals surface area contributed by atoms with E-state index in [4.69, 9.17) is 0 Å². The van der Waals surface area contributed by atoms with Crippen molar-refractivity contribution in [2.45, 2.75) is 96.1 Å². The van der Waals surface area contributed by atoms with Crippen molar-refractivity contribution in [2.24, 2.45) is 0 Å². The van der Waals surface area contributed by atoms with Gasteiger partial charge in [-0.1, -0.05) is 89.3 Å². The fourth-order valence-electron chi connectivity index (χ4n) is 2.73. The van der Waals surface area contributed by atoms with Gasteiger partial charge >= 0.3 is 0 Å². The standard InChI is InChI=1S/C19H33BrN2OS/c1-3-4-5-6-7-8-9-10-11-12-13-14-15-24-19-21-16(2)17(20)18(23)22-19/h3-15H2,1-2H3,(H,21,22,23). The number of nitrogens with zero attached hydrogens (tertiary/aromatic N) is 1. The molecule has 1 N–H and O–H groups in total. The number of unbranched alkanes of at least 4 members (excludes halogenated alkanes) is 11. The summed E-state index contributed by atoms with van der Waals surface area (Å²) in [5.74, 6) is 1.03. The molecule has 1 heterocycles. The number of aromatic nitrogens is 2. The van der Waals surface area contributed by atoms with Crippen molar-refractivity contribution in [3.8, 4) is 0 Å². The van der Waals surface area contributed by atoms with Crippen LogP contribution in [0.2, 0.25) is 0 Å². The topological polar surface area (TPSA) is 45.8 Å². The summed E-state index contributed by atoms with van der Waals surface area (Å²) in [5.41, 5.74) is 0.677. The Morgan fingerprint density at radius 1 is 0.917 bits per heavy atom. The minimum atomic E-state index is -0.0836. The van der Waals surface area contributed by atoms with Gasteiger partial charge in [-0.15, -0.1) is 0 Å². The monoisotopic (exact) mass is 416 g/mol. The average Bonchev–Trinajstić information content (AvgIpc) is 2.56. The number of halogens is 1. The van der Waals surface area contributed by atoms with Gasteiger partial charge in [0.05, 0.1) is 5.69 Å².